The maximum atomic E-state index is 12.5. The molecule has 0 bridgehead atoms. The molecule has 1 amide bonds. The molecule has 2 aromatic heterocycles. The maximum Gasteiger partial charge on any atom is 0.287 e. The summed E-state index contributed by atoms with van der Waals surface area (Å²) in [6, 6.07) is 10.1. The van der Waals surface area contributed by atoms with Gasteiger partial charge in [0.2, 0.25) is 5.89 Å². The first-order chi connectivity index (χ1) is 11.6. The molecule has 0 aliphatic carbocycles. The van der Waals surface area contributed by atoms with Crippen LogP contribution in [0.2, 0.25) is 0 Å². The number of methoxy groups -OCH3 is 1. The van der Waals surface area contributed by atoms with Gasteiger partial charge in [-0.25, -0.2) is 0 Å². The van der Waals surface area contributed by atoms with Gasteiger partial charge >= 0.3 is 0 Å². The van der Waals surface area contributed by atoms with Crippen LogP contribution in [0.3, 0.4) is 0 Å². The zero-order valence-electron chi connectivity index (χ0n) is 13.6. The molecule has 1 N–H and O–H groups in total. The summed E-state index contributed by atoms with van der Waals surface area (Å²) < 4.78 is 15.8. The van der Waals surface area contributed by atoms with Gasteiger partial charge in [0.25, 0.3) is 5.91 Å². The molecule has 3 aromatic rings. The number of aryl methyl sites for hydroxylation is 2. The monoisotopic (exact) mass is 327 g/mol. The van der Waals surface area contributed by atoms with Gasteiger partial charge in [0, 0.05) is 12.5 Å². The number of hydrogen-bond acceptors (Lipinski definition) is 6. The predicted molar refractivity (Wildman–Crippen MR) is 84.8 cm³/mol. The lowest BCUT2D eigenvalue weighted by molar-refractivity contribution is 0.0911. The SMILES string of the molecule is COc1ccccc1C(NC(=O)c1ccc(C)o1)c1noc(C)n1. The summed E-state index contributed by atoms with van der Waals surface area (Å²) >= 11 is 0. The molecule has 0 spiro atoms. The van der Waals surface area contributed by atoms with Gasteiger partial charge in [0.15, 0.2) is 11.6 Å². The third-order valence-corrected chi connectivity index (χ3v) is 3.49. The highest BCUT2D eigenvalue weighted by atomic mass is 16.5. The Bertz CT molecular complexity index is 853. The van der Waals surface area contributed by atoms with E-state index in [9.17, 15) is 4.79 Å². The fourth-order valence-corrected chi connectivity index (χ4v) is 2.38. The van der Waals surface area contributed by atoms with Gasteiger partial charge in [-0.3, -0.25) is 4.79 Å². The Balaban J connectivity index is 1.98. The summed E-state index contributed by atoms with van der Waals surface area (Å²) in [6.07, 6.45) is 0. The normalized spacial score (nSPS) is 12.0. The molecule has 0 fully saturated rings. The standard InChI is InChI=1S/C17H17N3O4/c1-10-8-9-14(23-10)17(21)19-15(16-18-11(2)24-20-16)12-6-4-5-7-13(12)22-3/h4-9,15H,1-3H3,(H,19,21). The van der Waals surface area contributed by atoms with Gasteiger partial charge in [-0.1, -0.05) is 23.4 Å². The minimum absolute atomic E-state index is 0.215. The third-order valence-electron chi connectivity index (χ3n) is 3.49. The Labute approximate surface area is 138 Å². The average molecular weight is 327 g/mol. The first-order valence-corrected chi connectivity index (χ1v) is 7.39. The Kier molecular flexibility index (Phi) is 4.33. The van der Waals surface area contributed by atoms with Crippen LogP contribution in [0.5, 0.6) is 5.75 Å². The lowest BCUT2D eigenvalue weighted by Gasteiger charge is -2.17. The Morgan fingerprint density at radius 3 is 2.62 bits per heavy atom. The molecule has 0 saturated heterocycles. The van der Waals surface area contributed by atoms with Gasteiger partial charge in [-0.2, -0.15) is 4.98 Å². The van der Waals surface area contributed by atoms with E-state index in [1.165, 1.54) is 0 Å². The van der Waals surface area contributed by atoms with Crippen molar-refractivity contribution in [3.8, 4) is 5.75 Å². The highest BCUT2D eigenvalue weighted by Gasteiger charge is 2.26. The lowest BCUT2D eigenvalue weighted by atomic mass is 10.0. The minimum atomic E-state index is -0.628. The van der Waals surface area contributed by atoms with Crippen molar-refractivity contribution < 1.29 is 18.5 Å². The van der Waals surface area contributed by atoms with E-state index >= 15 is 0 Å². The molecule has 7 heteroatoms. The number of furan rings is 1. The number of benzene rings is 1. The highest BCUT2D eigenvalue weighted by Crippen LogP contribution is 2.29. The van der Waals surface area contributed by atoms with E-state index in [1.807, 2.05) is 18.2 Å². The van der Waals surface area contributed by atoms with E-state index in [-0.39, 0.29) is 11.7 Å². The second kappa shape index (κ2) is 6.57. The summed E-state index contributed by atoms with van der Waals surface area (Å²) in [5, 5.41) is 6.80. The van der Waals surface area contributed by atoms with Gasteiger partial charge < -0.3 is 19.0 Å². The molecule has 0 aliphatic rings. The first kappa shape index (κ1) is 15.8. The molecular weight excluding hydrogens is 310 g/mol. The van der Waals surface area contributed by atoms with Crippen LogP contribution < -0.4 is 10.1 Å². The van der Waals surface area contributed by atoms with Crippen molar-refractivity contribution in [2.75, 3.05) is 7.11 Å². The summed E-state index contributed by atoms with van der Waals surface area (Å²) in [7, 11) is 1.56. The number of nitrogens with zero attached hydrogens (tertiary/aromatic N) is 2. The zero-order chi connectivity index (χ0) is 17.1. The number of nitrogens with one attached hydrogen (secondary N) is 1. The second-order valence-corrected chi connectivity index (χ2v) is 5.23. The molecule has 0 saturated carbocycles. The van der Waals surface area contributed by atoms with Crippen LogP contribution in [0, 0.1) is 13.8 Å². The number of rotatable bonds is 5. The van der Waals surface area contributed by atoms with Crippen LogP contribution in [0.15, 0.2) is 45.3 Å². The van der Waals surface area contributed by atoms with Crippen molar-refractivity contribution in [3.63, 3.8) is 0 Å². The average Bonchev–Trinajstić information content (AvgIpc) is 3.21. The van der Waals surface area contributed by atoms with E-state index in [0.29, 0.717) is 23.2 Å². The smallest absolute Gasteiger partial charge is 0.287 e. The summed E-state index contributed by atoms with van der Waals surface area (Å²) in [5.74, 6) is 1.86. The number of carbonyl (C=O) groups is 1. The fraction of sp³-hybridized carbons (Fsp3) is 0.235. The first-order valence-electron chi connectivity index (χ1n) is 7.39. The van der Waals surface area contributed by atoms with E-state index in [1.54, 1.807) is 39.2 Å². The van der Waals surface area contributed by atoms with Gasteiger partial charge in [-0.15, -0.1) is 0 Å². The molecule has 0 radical (unpaired) electrons. The largest absolute Gasteiger partial charge is 0.496 e. The number of para-hydroxylation sites is 1. The van der Waals surface area contributed by atoms with Crippen LogP contribution >= 0.6 is 0 Å². The van der Waals surface area contributed by atoms with Crippen LogP contribution in [-0.4, -0.2) is 23.2 Å². The third kappa shape index (κ3) is 3.15. The fourth-order valence-electron chi connectivity index (χ4n) is 2.38. The Morgan fingerprint density at radius 2 is 2.00 bits per heavy atom. The van der Waals surface area contributed by atoms with Gasteiger partial charge in [-0.05, 0) is 25.1 Å². The van der Waals surface area contributed by atoms with Crippen LogP contribution in [-0.2, 0) is 0 Å². The molecule has 1 aromatic carbocycles. The van der Waals surface area contributed by atoms with Crippen molar-refractivity contribution in [1.82, 2.24) is 15.5 Å². The zero-order valence-corrected chi connectivity index (χ0v) is 13.6. The predicted octanol–water partition coefficient (Wildman–Crippen LogP) is 2.81. The number of amides is 1. The molecule has 0 aliphatic heterocycles. The number of hydrogen-bond donors (Lipinski definition) is 1. The van der Waals surface area contributed by atoms with E-state index in [2.05, 4.69) is 15.5 Å². The molecule has 1 atom stereocenters. The molecule has 124 valence electrons. The van der Waals surface area contributed by atoms with Crippen LogP contribution in [0.4, 0.5) is 0 Å². The quantitative estimate of drug-likeness (QED) is 0.775. The topological polar surface area (TPSA) is 90.4 Å². The van der Waals surface area contributed by atoms with Crippen molar-refractivity contribution in [1.29, 1.82) is 0 Å². The Hall–Kier alpha value is -3.09. The molecule has 24 heavy (non-hydrogen) atoms. The van der Waals surface area contributed by atoms with E-state index < -0.39 is 6.04 Å². The summed E-state index contributed by atoms with van der Waals surface area (Å²) in [4.78, 5) is 16.7. The molecule has 3 rings (SSSR count). The molecule has 2 heterocycles. The molecular formula is C17H17N3O4. The number of carbonyl (C=O) groups excluding carboxylic acids is 1. The van der Waals surface area contributed by atoms with Crippen LogP contribution in [0.1, 0.15) is 39.6 Å². The van der Waals surface area contributed by atoms with Crippen LogP contribution in [0.25, 0.3) is 0 Å². The highest BCUT2D eigenvalue weighted by molar-refractivity contribution is 5.92. The van der Waals surface area contributed by atoms with Crippen molar-refractivity contribution in [2.45, 2.75) is 19.9 Å². The van der Waals surface area contributed by atoms with E-state index in [0.717, 1.165) is 5.56 Å². The molecule has 1 unspecified atom stereocenters. The minimum Gasteiger partial charge on any atom is -0.496 e. The number of aromatic nitrogens is 2. The lowest BCUT2D eigenvalue weighted by Crippen LogP contribution is -2.30. The molecule has 7 nitrogen and oxygen atoms in total. The summed E-state index contributed by atoms with van der Waals surface area (Å²) in [5.41, 5.74) is 0.720. The number of ether oxygens (including phenoxy) is 1. The second-order valence-electron chi connectivity index (χ2n) is 5.23. The van der Waals surface area contributed by atoms with E-state index in [4.69, 9.17) is 13.7 Å². The van der Waals surface area contributed by atoms with Gasteiger partial charge in [0.1, 0.15) is 17.6 Å². The summed E-state index contributed by atoms with van der Waals surface area (Å²) in [6.45, 7) is 3.46. The van der Waals surface area contributed by atoms with Crippen molar-refractivity contribution in [2.24, 2.45) is 0 Å². The van der Waals surface area contributed by atoms with Crippen molar-refractivity contribution in [3.05, 3.63) is 65.2 Å². The van der Waals surface area contributed by atoms with Gasteiger partial charge in [0.05, 0.1) is 7.11 Å². The maximum absolute atomic E-state index is 12.5. The Morgan fingerprint density at radius 1 is 1.21 bits per heavy atom. The van der Waals surface area contributed by atoms with Crippen molar-refractivity contribution >= 4 is 5.91 Å².